The summed E-state index contributed by atoms with van der Waals surface area (Å²) in [6.07, 6.45) is 3.97. The molecule has 3 rings (SSSR count). The summed E-state index contributed by atoms with van der Waals surface area (Å²) in [4.78, 5) is 19.8. The molecule has 0 radical (unpaired) electrons. The van der Waals surface area contributed by atoms with Gasteiger partial charge in [-0.25, -0.2) is 0 Å². The fraction of sp³-hybridized carbons (Fsp3) is 0.632. The molecule has 1 aromatic rings. The smallest absolute Gasteiger partial charge is 0.241 e. The lowest BCUT2D eigenvalue weighted by molar-refractivity contribution is -0.121. The first kappa shape index (κ1) is 16.5. The molecule has 0 aromatic heterocycles. The highest BCUT2D eigenvalue weighted by atomic mass is 16.2. The lowest BCUT2D eigenvalue weighted by atomic mass is 9.99. The van der Waals surface area contributed by atoms with Crippen LogP contribution < -0.4 is 4.90 Å². The van der Waals surface area contributed by atoms with Crippen LogP contribution in [0.1, 0.15) is 33.1 Å². The van der Waals surface area contributed by atoms with Gasteiger partial charge in [-0.2, -0.15) is 0 Å². The first-order valence-electron chi connectivity index (χ1n) is 8.98. The Hall–Kier alpha value is -1.39. The van der Waals surface area contributed by atoms with E-state index in [-0.39, 0.29) is 11.9 Å². The second kappa shape index (κ2) is 7.45. The maximum absolute atomic E-state index is 12.9. The quantitative estimate of drug-likeness (QED) is 0.854. The van der Waals surface area contributed by atoms with E-state index in [0.29, 0.717) is 12.6 Å². The molecule has 0 aliphatic carbocycles. The third-order valence-corrected chi connectivity index (χ3v) is 5.10. The SMILES string of the molecule is CC(C)N(C(=O)CN1CCN2CCCC[C@H]2C1)c1ccccc1. The summed E-state index contributed by atoms with van der Waals surface area (Å²) in [5, 5.41) is 0. The van der Waals surface area contributed by atoms with Gasteiger partial charge >= 0.3 is 0 Å². The molecular formula is C19H29N3O. The third kappa shape index (κ3) is 3.93. The monoisotopic (exact) mass is 315 g/mol. The topological polar surface area (TPSA) is 26.8 Å². The Morgan fingerprint density at radius 1 is 1.17 bits per heavy atom. The molecule has 2 saturated heterocycles. The van der Waals surface area contributed by atoms with Crippen molar-refractivity contribution in [1.82, 2.24) is 9.80 Å². The minimum Gasteiger partial charge on any atom is -0.309 e. The third-order valence-electron chi connectivity index (χ3n) is 5.10. The largest absolute Gasteiger partial charge is 0.309 e. The van der Waals surface area contributed by atoms with Crippen molar-refractivity contribution in [2.75, 3.05) is 37.6 Å². The zero-order valence-electron chi connectivity index (χ0n) is 14.4. The molecule has 0 N–H and O–H groups in total. The molecule has 0 unspecified atom stereocenters. The number of nitrogens with zero attached hydrogens (tertiary/aromatic N) is 3. The van der Waals surface area contributed by atoms with Crippen molar-refractivity contribution in [3.8, 4) is 0 Å². The van der Waals surface area contributed by atoms with E-state index < -0.39 is 0 Å². The predicted octanol–water partition coefficient (Wildman–Crippen LogP) is 2.60. The van der Waals surface area contributed by atoms with Crippen LogP contribution in [-0.4, -0.2) is 60.5 Å². The van der Waals surface area contributed by atoms with Crippen LogP contribution in [0.15, 0.2) is 30.3 Å². The molecule has 1 aromatic carbocycles. The number of hydrogen-bond donors (Lipinski definition) is 0. The van der Waals surface area contributed by atoms with Crippen molar-refractivity contribution in [3.63, 3.8) is 0 Å². The number of anilines is 1. The van der Waals surface area contributed by atoms with Gasteiger partial charge in [0.15, 0.2) is 0 Å². The Kier molecular flexibility index (Phi) is 5.34. The van der Waals surface area contributed by atoms with E-state index in [4.69, 9.17) is 0 Å². The number of hydrogen-bond acceptors (Lipinski definition) is 3. The van der Waals surface area contributed by atoms with Gasteiger partial charge in [-0.3, -0.25) is 14.6 Å². The standard InChI is InChI=1S/C19H29N3O/c1-16(2)22(17-8-4-3-5-9-17)19(23)15-20-12-13-21-11-7-6-10-18(21)14-20/h3-5,8-9,16,18H,6-7,10-15H2,1-2H3/t18-/m0/s1. The summed E-state index contributed by atoms with van der Waals surface area (Å²) in [6, 6.07) is 10.9. The van der Waals surface area contributed by atoms with Crippen LogP contribution in [0.4, 0.5) is 5.69 Å². The zero-order valence-corrected chi connectivity index (χ0v) is 14.4. The van der Waals surface area contributed by atoms with Crippen molar-refractivity contribution in [2.45, 2.75) is 45.2 Å². The minimum absolute atomic E-state index is 0.181. The Balaban J connectivity index is 1.63. The molecule has 1 atom stereocenters. The summed E-state index contributed by atoms with van der Waals surface area (Å²) in [6.45, 7) is 9.14. The van der Waals surface area contributed by atoms with Crippen molar-refractivity contribution >= 4 is 11.6 Å². The summed E-state index contributed by atoms with van der Waals surface area (Å²) < 4.78 is 0. The van der Waals surface area contributed by atoms with E-state index in [0.717, 1.165) is 25.3 Å². The summed E-state index contributed by atoms with van der Waals surface area (Å²) in [5.41, 5.74) is 1.00. The van der Waals surface area contributed by atoms with Crippen LogP contribution in [0.25, 0.3) is 0 Å². The second-order valence-corrected chi connectivity index (χ2v) is 7.11. The van der Waals surface area contributed by atoms with E-state index in [9.17, 15) is 4.79 Å². The number of carbonyl (C=O) groups excluding carboxylic acids is 1. The molecule has 126 valence electrons. The molecule has 2 aliphatic rings. The maximum Gasteiger partial charge on any atom is 0.241 e. The fourth-order valence-electron chi connectivity index (χ4n) is 3.95. The molecule has 0 bridgehead atoms. The Morgan fingerprint density at radius 2 is 1.96 bits per heavy atom. The van der Waals surface area contributed by atoms with E-state index in [1.54, 1.807) is 0 Å². The Morgan fingerprint density at radius 3 is 2.70 bits per heavy atom. The molecular weight excluding hydrogens is 286 g/mol. The van der Waals surface area contributed by atoms with Crippen molar-refractivity contribution in [2.24, 2.45) is 0 Å². The van der Waals surface area contributed by atoms with Crippen LogP contribution in [0.2, 0.25) is 0 Å². The van der Waals surface area contributed by atoms with E-state index in [1.807, 2.05) is 35.2 Å². The van der Waals surface area contributed by atoms with Crippen molar-refractivity contribution < 1.29 is 4.79 Å². The number of para-hydroxylation sites is 1. The molecule has 2 aliphatic heterocycles. The van der Waals surface area contributed by atoms with E-state index in [2.05, 4.69) is 23.6 Å². The highest BCUT2D eigenvalue weighted by Crippen LogP contribution is 2.22. The first-order chi connectivity index (χ1) is 11.1. The molecule has 1 amide bonds. The molecule has 2 heterocycles. The van der Waals surface area contributed by atoms with Crippen LogP contribution >= 0.6 is 0 Å². The van der Waals surface area contributed by atoms with Gasteiger partial charge in [-0.15, -0.1) is 0 Å². The van der Waals surface area contributed by atoms with Gasteiger partial charge in [0.25, 0.3) is 0 Å². The van der Waals surface area contributed by atoms with Gasteiger partial charge in [0.2, 0.25) is 5.91 Å². The molecule has 2 fully saturated rings. The Labute approximate surface area is 140 Å². The van der Waals surface area contributed by atoms with Gasteiger partial charge in [0.05, 0.1) is 6.54 Å². The average Bonchev–Trinajstić information content (AvgIpc) is 2.55. The molecule has 4 nitrogen and oxygen atoms in total. The highest BCUT2D eigenvalue weighted by Gasteiger charge is 2.30. The van der Waals surface area contributed by atoms with Gasteiger partial charge in [-0.1, -0.05) is 24.6 Å². The lowest BCUT2D eigenvalue weighted by Crippen LogP contribution is -2.56. The predicted molar refractivity (Wildman–Crippen MR) is 94.7 cm³/mol. The van der Waals surface area contributed by atoms with Crippen molar-refractivity contribution in [1.29, 1.82) is 0 Å². The molecule has 0 saturated carbocycles. The Bertz CT molecular complexity index is 517. The zero-order chi connectivity index (χ0) is 16.2. The maximum atomic E-state index is 12.9. The molecule has 4 heteroatoms. The molecule has 0 spiro atoms. The summed E-state index contributed by atoms with van der Waals surface area (Å²) >= 11 is 0. The number of benzene rings is 1. The number of rotatable bonds is 4. The lowest BCUT2D eigenvalue weighted by Gasteiger charge is -2.44. The average molecular weight is 315 g/mol. The van der Waals surface area contributed by atoms with Gasteiger partial charge in [-0.05, 0) is 45.4 Å². The number of fused-ring (bicyclic) bond motifs is 1. The van der Waals surface area contributed by atoms with Gasteiger partial charge in [0, 0.05) is 37.4 Å². The van der Waals surface area contributed by atoms with Crippen molar-refractivity contribution in [3.05, 3.63) is 30.3 Å². The van der Waals surface area contributed by atoms with E-state index in [1.165, 1.54) is 25.8 Å². The highest BCUT2D eigenvalue weighted by molar-refractivity contribution is 5.95. The summed E-state index contributed by atoms with van der Waals surface area (Å²) in [7, 11) is 0. The number of amides is 1. The molecule has 23 heavy (non-hydrogen) atoms. The van der Waals surface area contributed by atoms with E-state index >= 15 is 0 Å². The second-order valence-electron chi connectivity index (χ2n) is 7.11. The number of piperidine rings is 1. The van der Waals surface area contributed by atoms with Gasteiger partial charge < -0.3 is 4.90 Å². The minimum atomic E-state index is 0.181. The number of piperazine rings is 1. The van der Waals surface area contributed by atoms with Gasteiger partial charge in [0.1, 0.15) is 0 Å². The first-order valence-corrected chi connectivity index (χ1v) is 8.98. The number of carbonyl (C=O) groups is 1. The van der Waals surface area contributed by atoms with Crippen LogP contribution in [0, 0.1) is 0 Å². The van der Waals surface area contributed by atoms with Crippen LogP contribution in [0.3, 0.4) is 0 Å². The fourth-order valence-corrected chi connectivity index (χ4v) is 3.95. The van der Waals surface area contributed by atoms with Crippen LogP contribution in [0.5, 0.6) is 0 Å². The van der Waals surface area contributed by atoms with Crippen LogP contribution in [-0.2, 0) is 4.79 Å². The summed E-state index contributed by atoms with van der Waals surface area (Å²) in [5.74, 6) is 0.218. The normalized spacial score (nSPS) is 22.8.